The molecule has 3 aliphatic rings. The van der Waals surface area contributed by atoms with Crippen LogP contribution in [0.5, 0.6) is 5.75 Å². The molecule has 6 rings (SSSR count). The number of thiophene rings is 1. The molecule has 2 bridgehead atoms. The largest absolute Gasteiger partial charge is 0.490 e. The molecule has 2 aromatic heterocycles. The summed E-state index contributed by atoms with van der Waals surface area (Å²) < 4.78 is 13.6. The van der Waals surface area contributed by atoms with E-state index in [1.165, 1.54) is 35.1 Å². The molecular weight excluding hydrogens is 452 g/mol. The summed E-state index contributed by atoms with van der Waals surface area (Å²) in [5, 5.41) is 0. The summed E-state index contributed by atoms with van der Waals surface area (Å²) in [5.74, 6) is 0.760. The number of aromatic nitrogens is 2. The number of benzene rings is 1. The zero-order valence-electron chi connectivity index (χ0n) is 19.2. The van der Waals surface area contributed by atoms with Crippen LogP contribution in [-0.4, -0.2) is 76.8 Å². The quantitative estimate of drug-likeness (QED) is 0.572. The van der Waals surface area contributed by atoms with Crippen molar-refractivity contribution in [3.05, 3.63) is 51.9 Å². The maximum atomic E-state index is 13.2. The van der Waals surface area contributed by atoms with Crippen molar-refractivity contribution < 1.29 is 14.3 Å². The van der Waals surface area contributed by atoms with Gasteiger partial charge in [-0.05, 0) is 63.1 Å². The van der Waals surface area contributed by atoms with E-state index >= 15 is 0 Å². The van der Waals surface area contributed by atoms with Crippen LogP contribution >= 0.6 is 11.3 Å². The second-order valence-corrected chi connectivity index (χ2v) is 10.5. The van der Waals surface area contributed by atoms with Crippen LogP contribution in [0, 0.1) is 0 Å². The summed E-state index contributed by atoms with van der Waals surface area (Å²) in [6, 6.07) is 10.6. The van der Waals surface area contributed by atoms with E-state index in [2.05, 4.69) is 16.9 Å². The molecule has 3 aromatic rings. The Kier molecular flexibility index (Phi) is 5.63. The van der Waals surface area contributed by atoms with Crippen LogP contribution in [-0.2, 0) is 4.74 Å². The summed E-state index contributed by atoms with van der Waals surface area (Å²) in [7, 11) is 2.23. The van der Waals surface area contributed by atoms with Crippen LogP contribution in [0.3, 0.4) is 0 Å². The highest BCUT2D eigenvalue weighted by atomic mass is 32.1. The van der Waals surface area contributed by atoms with E-state index in [0.29, 0.717) is 53.5 Å². The number of morpholine rings is 1. The van der Waals surface area contributed by atoms with E-state index in [4.69, 9.17) is 9.47 Å². The molecule has 3 aliphatic heterocycles. The Bertz CT molecular complexity index is 1250. The van der Waals surface area contributed by atoms with Gasteiger partial charge in [0, 0.05) is 25.2 Å². The first-order chi connectivity index (χ1) is 16.6. The molecule has 3 saturated heterocycles. The monoisotopic (exact) mass is 480 g/mol. The Hall–Kier alpha value is -2.75. The first kappa shape index (κ1) is 21.8. The molecule has 3 atom stereocenters. The predicted molar refractivity (Wildman–Crippen MR) is 130 cm³/mol. The maximum Gasteiger partial charge on any atom is 0.275 e. The average Bonchev–Trinajstić information content (AvgIpc) is 3.37. The molecule has 5 heterocycles. The van der Waals surface area contributed by atoms with Gasteiger partial charge < -0.3 is 19.3 Å². The van der Waals surface area contributed by atoms with Gasteiger partial charge >= 0.3 is 0 Å². The number of carbonyl (C=O) groups excluding carboxylic acids is 1. The number of piperidine rings is 1. The summed E-state index contributed by atoms with van der Waals surface area (Å²) in [6.45, 7) is 2.22. The fourth-order valence-corrected chi connectivity index (χ4v) is 6.47. The van der Waals surface area contributed by atoms with Crippen molar-refractivity contribution in [2.24, 2.45) is 0 Å². The van der Waals surface area contributed by atoms with Gasteiger partial charge in [0.1, 0.15) is 22.9 Å². The molecule has 0 spiro atoms. The molecule has 9 heteroatoms. The lowest BCUT2D eigenvalue weighted by molar-refractivity contribution is 0.0306. The molecule has 178 valence electrons. The van der Waals surface area contributed by atoms with E-state index in [-0.39, 0.29) is 17.6 Å². The predicted octanol–water partition coefficient (Wildman–Crippen LogP) is 2.92. The van der Waals surface area contributed by atoms with Gasteiger partial charge in [-0.15, -0.1) is 11.3 Å². The highest BCUT2D eigenvalue weighted by Crippen LogP contribution is 2.36. The van der Waals surface area contributed by atoms with Gasteiger partial charge in [-0.2, -0.15) is 0 Å². The minimum absolute atomic E-state index is 0.0684. The normalized spacial score (nSPS) is 25.1. The van der Waals surface area contributed by atoms with Crippen molar-refractivity contribution in [1.29, 1.82) is 0 Å². The number of hydrogen-bond acceptors (Lipinski definition) is 7. The lowest BCUT2D eigenvalue weighted by atomic mass is 10.0. The molecule has 1 aromatic carbocycles. The van der Waals surface area contributed by atoms with Crippen LogP contribution in [0.25, 0.3) is 15.9 Å². The van der Waals surface area contributed by atoms with Gasteiger partial charge in [-0.1, -0.05) is 0 Å². The van der Waals surface area contributed by atoms with E-state index < -0.39 is 0 Å². The van der Waals surface area contributed by atoms with Crippen molar-refractivity contribution in [3.63, 3.8) is 0 Å². The first-order valence-corrected chi connectivity index (χ1v) is 12.8. The third-order valence-corrected chi connectivity index (χ3v) is 8.52. The van der Waals surface area contributed by atoms with Gasteiger partial charge in [-0.25, -0.2) is 4.98 Å². The van der Waals surface area contributed by atoms with E-state index in [9.17, 15) is 9.59 Å². The fourth-order valence-electron chi connectivity index (χ4n) is 5.46. The molecule has 0 saturated carbocycles. The van der Waals surface area contributed by atoms with Gasteiger partial charge in [0.25, 0.3) is 11.5 Å². The number of fused-ring (bicyclic) bond motifs is 3. The fraction of sp³-hybridized carbons (Fsp3) is 0.480. The molecule has 34 heavy (non-hydrogen) atoms. The standard InChI is InChI=1S/C25H28N4O4S/c1-27-17-2-3-18(27)13-20(12-17)33-19-6-4-16(5-7-19)29-15-26-21-14-22(34-23(21)25(29)31)24(30)28-8-10-32-11-9-28/h4-7,14-15,17-18,20H,2-3,8-13H2,1H3/t17-,18+,20?. The molecule has 3 fully saturated rings. The zero-order valence-corrected chi connectivity index (χ0v) is 20.0. The zero-order chi connectivity index (χ0) is 23.2. The van der Waals surface area contributed by atoms with Crippen molar-refractivity contribution >= 4 is 27.5 Å². The Labute approximate surface area is 201 Å². The third kappa shape index (κ3) is 3.91. The number of ether oxygens (including phenoxy) is 2. The number of amides is 1. The van der Waals surface area contributed by atoms with E-state index in [0.717, 1.165) is 24.3 Å². The number of hydrogen-bond donors (Lipinski definition) is 0. The number of carbonyl (C=O) groups is 1. The van der Waals surface area contributed by atoms with Crippen molar-refractivity contribution in [3.8, 4) is 11.4 Å². The minimum atomic E-state index is -0.170. The molecule has 0 N–H and O–H groups in total. The second kappa shape index (κ2) is 8.79. The molecule has 1 amide bonds. The smallest absolute Gasteiger partial charge is 0.275 e. The van der Waals surface area contributed by atoms with Crippen LogP contribution in [0.2, 0.25) is 0 Å². The maximum absolute atomic E-state index is 13.2. The van der Waals surface area contributed by atoms with Crippen molar-refractivity contribution in [2.45, 2.75) is 43.9 Å². The first-order valence-electron chi connectivity index (χ1n) is 11.9. The molecule has 0 radical (unpaired) electrons. The topological polar surface area (TPSA) is 76.9 Å². The van der Waals surface area contributed by atoms with Gasteiger partial charge in [-0.3, -0.25) is 14.2 Å². The highest BCUT2D eigenvalue weighted by molar-refractivity contribution is 7.20. The average molecular weight is 481 g/mol. The van der Waals surface area contributed by atoms with Crippen LogP contribution in [0.4, 0.5) is 0 Å². The summed E-state index contributed by atoms with van der Waals surface area (Å²) in [4.78, 5) is 35.3. The number of rotatable bonds is 4. The van der Waals surface area contributed by atoms with Crippen LogP contribution < -0.4 is 10.3 Å². The van der Waals surface area contributed by atoms with Crippen LogP contribution in [0.1, 0.15) is 35.4 Å². The van der Waals surface area contributed by atoms with E-state index in [1.807, 2.05) is 24.3 Å². The van der Waals surface area contributed by atoms with Crippen molar-refractivity contribution in [2.75, 3.05) is 33.4 Å². The third-order valence-electron chi connectivity index (χ3n) is 7.42. The highest BCUT2D eigenvalue weighted by Gasteiger charge is 2.39. The van der Waals surface area contributed by atoms with Gasteiger partial charge in [0.05, 0.1) is 29.3 Å². The Morgan fingerprint density at radius 2 is 1.82 bits per heavy atom. The van der Waals surface area contributed by atoms with Gasteiger partial charge in [0.15, 0.2) is 0 Å². The molecule has 8 nitrogen and oxygen atoms in total. The van der Waals surface area contributed by atoms with Crippen molar-refractivity contribution in [1.82, 2.24) is 19.4 Å². The second-order valence-electron chi connectivity index (χ2n) is 9.40. The Morgan fingerprint density at radius 1 is 1.12 bits per heavy atom. The van der Waals surface area contributed by atoms with Gasteiger partial charge in [0.2, 0.25) is 0 Å². The van der Waals surface area contributed by atoms with Crippen LogP contribution in [0.15, 0.2) is 41.5 Å². The molecular formula is C25H28N4O4S. The Balaban J connectivity index is 1.20. The minimum Gasteiger partial charge on any atom is -0.490 e. The van der Waals surface area contributed by atoms with E-state index in [1.54, 1.807) is 11.0 Å². The Morgan fingerprint density at radius 3 is 2.53 bits per heavy atom. The molecule has 0 aliphatic carbocycles. The lowest BCUT2D eigenvalue weighted by Gasteiger charge is -2.36. The SMILES string of the molecule is CN1[C@@H]2CC[C@H]1CC(Oc1ccc(-n3cnc4cc(C(=O)N5CCOCC5)sc4c3=O)cc1)C2. The number of nitrogens with zero attached hydrogens (tertiary/aromatic N) is 4. The summed E-state index contributed by atoms with van der Waals surface area (Å²) >= 11 is 1.21. The lowest BCUT2D eigenvalue weighted by Crippen LogP contribution is -2.43. The molecule has 1 unspecified atom stereocenters. The summed E-state index contributed by atoms with van der Waals surface area (Å²) in [5.41, 5.74) is 1.11. The summed E-state index contributed by atoms with van der Waals surface area (Å²) in [6.07, 6.45) is 6.44.